The summed E-state index contributed by atoms with van der Waals surface area (Å²) in [5, 5.41) is 14.8. The van der Waals surface area contributed by atoms with Crippen LogP contribution in [0.2, 0.25) is 0 Å². The highest BCUT2D eigenvalue weighted by Crippen LogP contribution is 2.24. The van der Waals surface area contributed by atoms with Gasteiger partial charge >= 0.3 is 6.03 Å². The minimum Gasteiger partial charge on any atom is -0.445 e. The van der Waals surface area contributed by atoms with E-state index in [1.807, 2.05) is 39.0 Å². The predicted molar refractivity (Wildman–Crippen MR) is 89.2 cm³/mol. The van der Waals surface area contributed by atoms with Gasteiger partial charge in [-0.3, -0.25) is 0 Å². The molecule has 1 aromatic heterocycles. The van der Waals surface area contributed by atoms with Gasteiger partial charge < -0.3 is 20.2 Å². The molecular weight excluding hydrogens is 294 g/mol. The Kier molecular flexibility index (Phi) is 5.76. The fraction of sp³-hybridized carbons (Fsp3) is 0.412. The van der Waals surface area contributed by atoms with Crippen molar-refractivity contribution in [3.8, 4) is 11.5 Å². The van der Waals surface area contributed by atoms with Gasteiger partial charge in [0, 0.05) is 23.9 Å². The molecule has 6 nitrogen and oxygen atoms in total. The summed E-state index contributed by atoms with van der Waals surface area (Å²) in [5.74, 6) is 0.751. The minimum atomic E-state index is -0.287. The van der Waals surface area contributed by atoms with Crippen molar-refractivity contribution in [1.82, 2.24) is 10.3 Å². The molecule has 1 heterocycles. The molecule has 124 valence electrons. The van der Waals surface area contributed by atoms with E-state index >= 15 is 0 Å². The number of aliphatic hydroxyl groups excluding tert-OH is 1. The summed E-state index contributed by atoms with van der Waals surface area (Å²) in [5.41, 5.74) is 2.44. The highest BCUT2D eigenvalue weighted by Gasteiger charge is 2.16. The molecule has 1 aromatic carbocycles. The number of carbonyl (C=O) groups is 1. The van der Waals surface area contributed by atoms with Crippen molar-refractivity contribution < 1.29 is 14.3 Å². The monoisotopic (exact) mass is 317 g/mol. The number of aromatic nitrogens is 1. The normalized spacial score (nSPS) is 12.2. The van der Waals surface area contributed by atoms with Crippen LogP contribution < -0.4 is 10.6 Å². The second-order valence-corrected chi connectivity index (χ2v) is 5.83. The molecule has 0 fully saturated rings. The first-order chi connectivity index (χ1) is 11.0. The number of benzene rings is 1. The SMILES string of the molecule is Cc1ccc(-c2ncco2)cc1NC(=O)NC(CCO)C(C)C. The lowest BCUT2D eigenvalue weighted by Gasteiger charge is -2.22. The number of carbonyl (C=O) groups excluding carboxylic acids is 1. The van der Waals surface area contributed by atoms with E-state index in [0.717, 1.165) is 11.1 Å². The molecule has 0 saturated heterocycles. The Morgan fingerprint density at radius 3 is 2.78 bits per heavy atom. The van der Waals surface area contributed by atoms with Gasteiger partial charge in [0.15, 0.2) is 0 Å². The standard InChI is InChI=1S/C17H23N3O3/c1-11(2)14(6-8-21)19-17(22)20-15-10-13(5-4-12(15)3)16-18-7-9-23-16/h4-5,7,9-11,14,21H,6,8H2,1-3H3,(H2,19,20,22). The van der Waals surface area contributed by atoms with Crippen molar-refractivity contribution in [3.05, 3.63) is 36.2 Å². The van der Waals surface area contributed by atoms with Gasteiger partial charge in [0.2, 0.25) is 5.89 Å². The Morgan fingerprint density at radius 2 is 2.17 bits per heavy atom. The van der Waals surface area contributed by atoms with Crippen LogP contribution in [-0.4, -0.2) is 28.8 Å². The maximum Gasteiger partial charge on any atom is 0.319 e. The van der Waals surface area contributed by atoms with E-state index in [9.17, 15) is 4.79 Å². The van der Waals surface area contributed by atoms with Crippen LogP contribution in [-0.2, 0) is 0 Å². The zero-order valence-electron chi connectivity index (χ0n) is 13.7. The van der Waals surface area contributed by atoms with Gasteiger partial charge in [0.1, 0.15) is 6.26 Å². The molecule has 3 N–H and O–H groups in total. The number of rotatable bonds is 6. The van der Waals surface area contributed by atoms with Gasteiger partial charge in [-0.15, -0.1) is 0 Å². The van der Waals surface area contributed by atoms with E-state index in [1.165, 1.54) is 6.26 Å². The van der Waals surface area contributed by atoms with E-state index in [1.54, 1.807) is 6.20 Å². The topological polar surface area (TPSA) is 87.4 Å². The largest absolute Gasteiger partial charge is 0.445 e. The number of amides is 2. The maximum absolute atomic E-state index is 12.2. The lowest BCUT2D eigenvalue weighted by atomic mass is 10.0. The van der Waals surface area contributed by atoms with Crippen molar-refractivity contribution >= 4 is 11.7 Å². The first-order valence-electron chi connectivity index (χ1n) is 7.70. The highest BCUT2D eigenvalue weighted by molar-refractivity contribution is 5.91. The Balaban J connectivity index is 2.09. The molecule has 1 atom stereocenters. The molecule has 0 aliphatic heterocycles. The van der Waals surface area contributed by atoms with Gasteiger partial charge in [-0.1, -0.05) is 19.9 Å². The van der Waals surface area contributed by atoms with Gasteiger partial charge in [0.25, 0.3) is 0 Å². The highest BCUT2D eigenvalue weighted by atomic mass is 16.3. The van der Waals surface area contributed by atoms with Crippen LogP contribution in [0.15, 0.2) is 35.1 Å². The molecule has 0 radical (unpaired) electrons. The quantitative estimate of drug-likeness (QED) is 0.763. The Labute approximate surface area is 135 Å². The average molecular weight is 317 g/mol. The molecule has 0 aliphatic carbocycles. The summed E-state index contributed by atoms with van der Waals surface area (Å²) in [6.45, 7) is 5.98. The Hall–Kier alpha value is -2.34. The number of nitrogens with zero attached hydrogens (tertiary/aromatic N) is 1. The molecule has 0 saturated carbocycles. The van der Waals surface area contributed by atoms with Crippen LogP contribution in [0, 0.1) is 12.8 Å². The fourth-order valence-electron chi connectivity index (χ4n) is 2.29. The molecule has 1 unspecified atom stereocenters. The van der Waals surface area contributed by atoms with Gasteiger partial charge in [-0.25, -0.2) is 9.78 Å². The second-order valence-electron chi connectivity index (χ2n) is 5.83. The van der Waals surface area contributed by atoms with Gasteiger partial charge in [-0.2, -0.15) is 0 Å². The first-order valence-corrected chi connectivity index (χ1v) is 7.70. The number of urea groups is 1. The summed E-state index contributed by atoms with van der Waals surface area (Å²) < 4.78 is 5.28. The summed E-state index contributed by atoms with van der Waals surface area (Å²) in [6, 6.07) is 5.27. The zero-order valence-corrected chi connectivity index (χ0v) is 13.7. The fourth-order valence-corrected chi connectivity index (χ4v) is 2.29. The summed E-state index contributed by atoms with van der Waals surface area (Å²) in [4.78, 5) is 16.3. The third-order valence-corrected chi connectivity index (χ3v) is 3.73. The number of nitrogens with one attached hydrogen (secondary N) is 2. The summed E-state index contributed by atoms with van der Waals surface area (Å²) in [6.07, 6.45) is 3.62. The van der Waals surface area contributed by atoms with Crippen LogP contribution >= 0.6 is 0 Å². The van der Waals surface area contributed by atoms with Crippen LogP contribution in [0.3, 0.4) is 0 Å². The van der Waals surface area contributed by atoms with Crippen LogP contribution in [0.4, 0.5) is 10.5 Å². The van der Waals surface area contributed by atoms with Crippen molar-refractivity contribution in [1.29, 1.82) is 0 Å². The van der Waals surface area contributed by atoms with Crippen molar-refractivity contribution in [3.63, 3.8) is 0 Å². The smallest absolute Gasteiger partial charge is 0.319 e. The molecular formula is C17H23N3O3. The van der Waals surface area contributed by atoms with Gasteiger partial charge in [0.05, 0.1) is 6.20 Å². The van der Waals surface area contributed by atoms with E-state index in [2.05, 4.69) is 15.6 Å². The molecule has 6 heteroatoms. The number of hydrogen-bond donors (Lipinski definition) is 3. The number of hydrogen-bond acceptors (Lipinski definition) is 4. The first kappa shape index (κ1) is 17.0. The lowest BCUT2D eigenvalue weighted by molar-refractivity contribution is 0.227. The third-order valence-electron chi connectivity index (χ3n) is 3.73. The van der Waals surface area contributed by atoms with Crippen molar-refractivity contribution in [2.24, 2.45) is 5.92 Å². The number of aryl methyl sites for hydroxylation is 1. The maximum atomic E-state index is 12.2. The van der Waals surface area contributed by atoms with Crippen LogP contribution in [0.25, 0.3) is 11.5 Å². The molecule has 2 rings (SSSR count). The van der Waals surface area contributed by atoms with E-state index in [-0.39, 0.29) is 24.6 Å². The molecule has 0 aliphatic rings. The number of oxazole rings is 1. The number of aliphatic hydroxyl groups is 1. The second kappa shape index (κ2) is 7.78. The Bertz CT molecular complexity index is 639. The molecule has 0 bridgehead atoms. The van der Waals surface area contributed by atoms with Gasteiger partial charge in [-0.05, 0) is 37.0 Å². The summed E-state index contributed by atoms with van der Waals surface area (Å²) in [7, 11) is 0. The number of anilines is 1. The van der Waals surface area contributed by atoms with E-state index in [0.29, 0.717) is 18.0 Å². The predicted octanol–water partition coefficient (Wildman–Crippen LogP) is 3.18. The van der Waals surface area contributed by atoms with E-state index < -0.39 is 0 Å². The zero-order chi connectivity index (χ0) is 16.8. The summed E-state index contributed by atoms with van der Waals surface area (Å²) >= 11 is 0. The van der Waals surface area contributed by atoms with Crippen LogP contribution in [0.5, 0.6) is 0 Å². The molecule has 2 amide bonds. The van der Waals surface area contributed by atoms with Crippen LogP contribution in [0.1, 0.15) is 25.8 Å². The lowest BCUT2D eigenvalue weighted by Crippen LogP contribution is -2.41. The minimum absolute atomic E-state index is 0.0435. The van der Waals surface area contributed by atoms with Crippen molar-refractivity contribution in [2.45, 2.75) is 33.2 Å². The van der Waals surface area contributed by atoms with E-state index in [4.69, 9.17) is 9.52 Å². The molecule has 0 spiro atoms. The molecule has 23 heavy (non-hydrogen) atoms. The molecule has 2 aromatic rings. The van der Waals surface area contributed by atoms with Crippen molar-refractivity contribution in [2.75, 3.05) is 11.9 Å². The third kappa shape index (κ3) is 4.56. The average Bonchev–Trinajstić information content (AvgIpc) is 3.03. The Morgan fingerprint density at radius 1 is 1.39 bits per heavy atom.